The minimum absolute atomic E-state index is 0.0174. The van der Waals surface area contributed by atoms with Crippen LogP contribution >= 0.6 is 0 Å². The second kappa shape index (κ2) is 8.19. The molecule has 6 nitrogen and oxygen atoms in total. The standard InChI is InChI=1S/C18H35N3O3/c1-17(2,3)13-14-7-8-15(22)20(10-9-19)11-12-21(14)16(23)24-18(4,5)6/h14H,7-13,19H2,1-6H3. The predicted molar refractivity (Wildman–Crippen MR) is 95.7 cm³/mol. The molecule has 1 saturated heterocycles. The lowest BCUT2D eigenvalue weighted by atomic mass is 9.85. The fourth-order valence-corrected chi connectivity index (χ4v) is 3.01. The average molecular weight is 341 g/mol. The Kier molecular flexibility index (Phi) is 7.08. The monoisotopic (exact) mass is 341 g/mol. The fourth-order valence-electron chi connectivity index (χ4n) is 3.01. The number of carbonyl (C=O) groups excluding carboxylic acids is 2. The second-order valence-electron chi connectivity index (χ2n) is 8.80. The maximum absolute atomic E-state index is 12.7. The van der Waals surface area contributed by atoms with E-state index in [2.05, 4.69) is 20.8 Å². The van der Waals surface area contributed by atoms with Crippen LogP contribution in [0, 0.1) is 5.41 Å². The summed E-state index contributed by atoms with van der Waals surface area (Å²) >= 11 is 0. The average Bonchev–Trinajstić information content (AvgIpc) is 2.38. The molecule has 2 N–H and O–H groups in total. The number of amides is 2. The maximum atomic E-state index is 12.7. The predicted octanol–water partition coefficient (Wildman–Crippen LogP) is 2.61. The van der Waals surface area contributed by atoms with E-state index in [4.69, 9.17) is 10.5 Å². The molecule has 1 unspecified atom stereocenters. The molecule has 1 heterocycles. The molecule has 2 amide bonds. The Bertz CT molecular complexity index is 438. The summed E-state index contributed by atoms with van der Waals surface area (Å²) in [6.07, 6.45) is 1.66. The zero-order valence-electron chi connectivity index (χ0n) is 16.2. The van der Waals surface area contributed by atoms with E-state index in [9.17, 15) is 9.59 Å². The summed E-state index contributed by atoms with van der Waals surface area (Å²) in [4.78, 5) is 28.6. The largest absolute Gasteiger partial charge is 0.444 e. The molecule has 1 aliphatic rings. The first-order valence-electron chi connectivity index (χ1n) is 8.90. The number of ether oxygens (including phenoxy) is 1. The molecule has 0 aromatic carbocycles. The SMILES string of the molecule is CC(C)(C)CC1CCC(=O)N(CCN)CCN1C(=O)OC(C)(C)C. The van der Waals surface area contributed by atoms with Gasteiger partial charge >= 0.3 is 6.09 Å². The van der Waals surface area contributed by atoms with Gasteiger partial charge in [-0.05, 0) is 39.0 Å². The Morgan fingerprint density at radius 2 is 1.83 bits per heavy atom. The van der Waals surface area contributed by atoms with Gasteiger partial charge in [0.15, 0.2) is 0 Å². The molecule has 0 aromatic heterocycles. The summed E-state index contributed by atoms with van der Waals surface area (Å²) in [6.45, 7) is 14.0. The van der Waals surface area contributed by atoms with Crippen molar-refractivity contribution in [2.45, 2.75) is 72.4 Å². The number of rotatable bonds is 3. The molecule has 1 rings (SSSR count). The van der Waals surface area contributed by atoms with Gasteiger partial charge in [0.05, 0.1) is 0 Å². The van der Waals surface area contributed by atoms with Gasteiger partial charge < -0.3 is 20.3 Å². The summed E-state index contributed by atoms with van der Waals surface area (Å²) in [6, 6.07) is 0.0174. The van der Waals surface area contributed by atoms with Crippen LogP contribution in [-0.2, 0) is 9.53 Å². The van der Waals surface area contributed by atoms with E-state index < -0.39 is 5.60 Å². The van der Waals surface area contributed by atoms with Crippen LogP contribution in [0.2, 0.25) is 0 Å². The molecule has 0 spiro atoms. The molecule has 0 aromatic rings. The first-order chi connectivity index (χ1) is 10.9. The highest BCUT2D eigenvalue weighted by Crippen LogP contribution is 2.28. The Morgan fingerprint density at radius 3 is 2.33 bits per heavy atom. The number of hydrogen-bond donors (Lipinski definition) is 1. The van der Waals surface area contributed by atoms with Gasteiger partial charge in [0.25, 0.3) is 0 Å². The highest BCUT2D eigenvalue weighted by atomic mass is 16.6. The van der Waals surface area contributed by atoms with Crippen molar-refractivity contribution >= 4 is 12.0 Å². The topological polar surface area (TPSA) is 75.9 Å². The van der Waals surface area contributed by atoms with Crippen LogP contribution in [0.15, 0.2) is 0 Å². The number of hydrogen-bond acceptors (Lipinski definition) is 4. The number of nitrogens with zero attached hydrogens (tertiary/aromatic N) is 2. The molecule has 1 atom stereocenters. The second-order valence-corrected chi connectivity index (χ2v) is 8.80. The summed E-state index contributed by atoms with van der Waals surface area (Å²) in [7, 11) is 0. The summed E-state index contributed by atoms with van der Waals surface area (Å²) < 4.78 is 5.60. The Morgan fingerprint density at radius 1 is 1.21 bits per heavy atom. The van der Waals surface area contributed by atoms with E-state index >= 15 is 0 Å². The zero-order valence-corrected chi connectivity index (χ0v) is 16.2. The van der Waals surface area contributed by atoms with E-state index in [-0.39, 0.29) is 23.5 Å². The molecule has 0 aliphatic carbocycles. The lowest BCUT2D eigenvalue weighted by Crippen LogP contribution is -2.51. The van der Waals surface area contributed by atoms with Gasteiger partial charge in [-0.15, -0.1) is 0 Å². The summed E-state index contributed by atoms with van der Waals surface area (Å²) in [5.74, 6) is 0.128. The fraction of sp³-hybridized carbons (Fsp3) is 0.889. The molecular formula is C18H35N3O3. The van der Waals surface area contributed by atoms with Gasteiger partial charge in [-0.25, -0.2) is 4.79 Å². The Hall–Kier alpha value is -1.30. The molecule has 6 heteroatoms. The first-order valence-corrected chi connectivity index (χ1v) is 8.90. The van der Waals surface area contributed by atoms with Gasteiger partial charge in [-0.2, -0.15) is 0 Å². The molecule has 0 saturated carbocycles. The van der Waals surface area contributed by atoms with Crippen molar-refractivity contribution < 1.29 is 14.3 Å². The minimum atomic E-state index is -0.529. The third-order valence-corrected chi connectivity index (χ3v) is 3.97. The van der Waals surface area contributed by atoms with Crippen LogP contribution in [-0.4, -0.2) is 59.6 Å². The molecule has 24 heavy (non-hydrogen) atoms. The molecule has 1 aliphatic heterocycles. The molecular weight excluding hydrogens is 306 g/mol. The maximum Gasteiger partial charge on any atom is 0.410 e. The van der Waals surface area contributed by atoms with Crippen LogP contribution in [0.1, 0.15) is 60.8 Å². The Balaban J connectivity index is 2.95. The number of carbonyl (C=O) groups is 2. The van der Waals surface area contributed by atoms with E-state index in [0.29, 0.717) is 39.0 Å². The van der Waals surface area contributed by atoms with Gasteiger partial charge in [0.2, 0.25) is 5.91 Å². The summed E-state index contributed by atoms with van der Waals surface area (Å²) in [5.41, 5.74) is 5.15. The summed E-state index contributed by atoms with van der Waals surface area (Å²) in [5, 5.41) is 0. The van der Waals surface area contributed by atoms with Crippen LogP contribution < -0.4 is 5.73 Å². The molecule has 0 bridgehead atoms. The van der Waals surface area contributed by atoms with E-state index in [1.165, 1.54) is 0 Å². The van der Waals surface area contributed by atoms with Gasteiger partial charge in [0, 0.05) is 38.6 Å². The zero-order chi connectivity index (χ0) is 18.5. The molecule has 1 fully saturated rings. The smallest absolute Gasteiger partial charge is 0.410 e. The van der Waals surface area contributed by atoms with Crippen LogP contribution in [0.4, 0.5) is 4.79 Å². The van der Waals surface area contributed by atoms with Gasteiger partial charge in [-0.1, -0.05) is 20.8 Å². The van der Waals surface area contributed by atoms with Crippen LogP contribution in [0.3, 0.4) is 0 Å². The van der Waals surface area contributed by atoms with E-state index in [0.717, 1.165) is 6.42 Å². The van der Waals surface area contributed by atoms with Crippen molar-refractivity contribution in [1.82, 2.24) is 9.80 Å². The van der Waals surface area contributed by atoms with Crippen LogP contribution in [0.25, 0.3) is 0 Å². The van der Waals surface area contributed by atoms with Gasteiger partial charge in [0.1, 0.15) is 5.60 Å². The normalized spacial score (nSPS) is 20.6. The lowest BCUT2D eigenvalue weighted by molar-refractivity contribution is -0.133. The quantitative estimate of drug-likeness (QED) is 0.856. The highest BCUT2D eigenvalue weighted by Gasteiger charge is 2.33. The van der Waals surface area contributed by atoms with E-state index in [1.807, 2.05) is 25.7 Å². The third-order valence-electron chi connectivity index (χ3n) is 3.97. The number of nitrogens with two attached hydrogens (primary N) is 1. The van der Waals surface area contributed by atoms with Crippen molar-refractivity contribution in [2.24, 2.45) is 11.1 Å². The van der Waals surface area contributed by atoms with E-state index in [1.54, 1.807) is 4.90 Å². The van der Waals surface area contributed by atoms with Crippen molar-refractivity contribution in [3.63, 3.8) is 0 Å². The third kappa shape index (κ3) is 7.07. The highest BCUT2D eigenvalue weighted by molar-refractivity contribution is 5.77. The van der Waals surface area contributed by atoms with Gasteiger partial charge in [-0.3, -0.25) is 4.79 Å². The van der Waals surface area contributed by atoms with Crippen molar-refractivity contribution in [1.29, 1.82) is 0 Å². The Labute approximate surface area is 146 Å². The lowest BCUT2D eigenvalue weighted by Gasteiger charge is -2.39. The minimum Gasteiger partial charge on any atom is -0.444 e. The van der Waals surface area contributed by atoms with Crippen molar-refractivity contribution in [2.75, 3.05) is 26.2 Å². The van der Waals surface area contributed by atoms with Crippen molar-refractivity contribution in [3.8, 4) is 0 Å². The molecule has 140 valence electrons. The van der Waals surface area contributed by atoms with Crippen molar-refractivity contribution in [3.05, 3.63) is 0 Å². The first kappa shape index (κ1) is 20.7. The molecule has 0 radical (unpaired) electrons. The van der Waals surface area contributed by atoms with Crippen LogP contribution in [0.5, 0.6) is 0 Å².